The highest BCUT2D eigenvalue weighted by molar-refractivity contribution is 7.89. The fourth-order valence-electron chi connectivity index (χ4n) is 4.18. The monoisotopic (exact) mass is 397 g/mol. The van der Waals surface area contributed by atoms with Crippen molar-refractivity contribution in [3.63, 3.8) is 0 Å². The van der Waals surface area contributed by atoms with Gasteiger partial charge in [-0.25, -0.2) is 12.8 Å². The summed E-state index contributed by atoms with van der Waals surface area (Å²) in [7, 11) is -3.87. The number of benzene rings is 1. The first-order valence-corrected chi connectivity index (χ1v) is 11.0. The van der Waals surface area contributed by atoms with E-state index < -0.39 is 15.8 Å². The molecule has 2 aliphatic rings. The number of sulfonamides is 1. The van der Waals surface area contributed by atoms with Gasteiger partial charge < -0.3 is 4.90 Å². The van der Waals surface area contributed by atoms with Crippen molar-refractivity contribution in [3.8, 4) is 0 Å². The summed E-state index contributed by atoms with van der Waals surface area (Å²) in [5.41, 5.74) is 0. The highest BCUT2D eigenvalue weighted by Crippen LogP contribution is 2.22. The Morgan fingerprint density at radius 2 is 1.67 bits per heavy atom. The zero-order chi connectivity index (χ0) is 19.6. The second-order valence-electron chi connectivity index (χ2n) is 7.86. The summed E-state index contributed by atoms with van der Waals surface area (Å²) in [4.78, 5) is 16.2. The van der Waals surface area contributed by atoms with E-state index in [1.165, 1.54) is 28.9 Å². The van der Waals surface area contributed by atoms with Crippen LogP contribution in [0.5, 0.6) is 0 Å². The maximum Gasteiger partial charge on any atom is 0.246 e. The zero-order valence-electron chi connectivity index (χ0n) is 16.0. The Bertz CT molecular complexity index is 768. The number of halogens is 1. The number of rotatable bonds is 4. The summed E-state index contributed by atoms with van der Waals surface area (Å²) >= 11 is 0. The normalized spacial score (nSPS) is 25.5. The van der Waals surface area contributed by atoms with Crippen LogP contribution in [0.3, 0.4) is 0 Å². The Kier molecular flexibility index (Phi) is 6.18. The number of likely N-dealkylation sites (tertiary alicyclic amines) is 1. The first-order chi connectivity index (χ1) is 12.8. The molecular weight excluding hydrogens is 369 g/mol. The van der Waals surface area contributed by atoms with Gasteiger partial charge in [0.2, 0.25) is 15.9 Å². The number of carbonyl (C=O) groups is 1. The molecule has 27 heavy (non-hydrogen) atoms. The highest BCUT2D eigenvalue weighted by atomic mass is 32.2. The SMILES string of the molecule is C[C@@H]1C[C@@H](C)CN(CC(=O)N2CCN(S(=O)(=O)c3ccccc3F)CC2)C1. The first kappa shape index (κ1) is 20.2. The molecule has 0 unspecified atom stereocenters. The van der Waals surface area contributed by atoms with Gasteiger partial charge in [-0.2, -0.15) is 4.31 Å². The predicted octanol–water partition coefficient (Wildman–Crippen LogP) is 1.64. The quantitative estimate of drug-likeness (QED) is 0.775. The molecule has 2 aliphatic heterocycles. The second kappa shape index (κ2) is 8.24. The molecule has 2 saturated heterocycles. The van der Waals surface area contributed by atoms with Crippen LogP contribution in [0, 0.1) is 17.7 Å². The van der Waals surface area contributed by atoms with E-state index in [-0.39, 0.29) is 23.9 Å². The van der Waals surface area contributed by atoms with Crippen molar-refractivity contribution in [2.24, 2.45) is 11.8 Å². The van der Waals surface area contributed by atoms with Gasteiger partial charge in [0.05, 0.1) is 6.54 Å². The van der Waals surface area contributed by atoms with Gasteiger partial charge in [-0.3, -0.25) is 9.69 Å². The fraction of sp³-hybridized carbons (Fsp3) is 0.632. The van der Waals surface area contributed by atoms with Crippen molar-refractivity contribution in [2.45, 2.75) is 25.2 Å². The summed E-state index contributed by atoms with van der Waals surface area (Å²) in [6, 6.07) is 5.40. The van der Waals surface area contributed by atoms with E-state index in [0.29, 0.717) is 31.5 Å². The van der Waals surface area contributed by atoms with Crippen LogP contribution in [-0.4, -0.2) is 74.2 Å². The van der Waals surface area contributed by atoms with E-state index >= 15 is 0 Å². The number of hydrogen-bond donors (Lipinski definition) is 0. The van der Waals surface area contributed by atoms with E-state index in [0.717, 1.165) is 19.2 Å². The third kappa shape index (κ3) is 4.67. The molecule has 2 fully saturated rings. The standard InChI is InChI=1S/C19H28FN3O3S/c1-15-11-16(2)13-21(12-15)14-19(24)22-7-9-23(10-8-22)27(25,26)18-6-4-3-5-17(18)20/h3-6,15-16H,7-14H2,1-2H3/t15-,16-/m1/s1. The van der Waals surface area contributed by atoms with Crippen LogP contribution in [0.2, 0.25) is 0 Å². The van der Waals surface area contributed by atoms with Gasteiger partial charge >= 0.3 is 0 Å². The smallest absolute Gasteiger partial charge is 0.246 e. The molecule has 0 radical (unpaired) electrons. The summed E-state index contributed by atoms with van der Waals surface area (Å²) in [6.45, 7) is 7.71. The molecule has 2 heterocycles. The highest BCUT2D eigenvalue weighted by Gasteiger charge is 2.32. The van der Waals surface area contributed by atoms with Crippen molar-refractivity contribution in [1.29, 1.82) is 0 Å². The molecule has 0 spiro atoms. The Labute approximate surface area is 161 Å². The van der Waals surface area contributed by atoms with E-state index in [4.69, 9.17) is 0 Å². The number of amides is 1. The van der Waals surface area contributed by atoms with E-state index in [1.54, 1.807) is 4.90 Å². The van der Waals surface area contributed by atoms with Crippen LogP contribution in [0.25, 0.3) is 0 Å². The minimum atomic E-state index is -3.87. The van der Waals surface area contributed by atoms with Crippen molar-refractivity contribution in [3.05, 3.63) is 30.1 Å². The van der Waals surface area contributed by atoms with E-state index in [9.17, 15) is 17.6 Å². The Morgan fingerprint density at radius 3 is 2.26 bits per heavy atom. The predicted molar refractivity (Wildman–Crippen MR) is 101 cm³/mol. The molecule has 0 N–H and O–H groups in total. The van der Waals surface area contributed by atoms with Gasteiger partial charge in [-0.05, 0) is 30.4 Å². The van der Waals surface area contributed by atoms with Gasteiger partial charge in [0.15, 0.2) is 0 Å². The molecule has 0 aromatic heterocycles. The molecule has 0 aliphatic carbocycles. The molecule has 8 heteroatoms. The number of carbonyl (C=O) groups excluding carboxylic acids is 1. The third-order valence-electron chi connectivity index (χ3n) is 5.35. The maximum absolute atomic E-state index is 13.9. The van der Waals surface area contributed by atoms with Crippen LogP contribution in [0.4, 0.5) is 4.39 Å². The topological polar surface area (TPSA) is 60.9 Å². The summed E-state index contributed by atoms with van der Waals surface area (Å²) in [5, 5.41) is 0. The number of hydrogen-bond acceptors (Lipinski definition) is 4. The molecule has 1 amide bonds. The van der Waals surface area contributed by atoms with Crippen LogP contribution in [0.1, 0.15) is 20.3 Å². The Balaban J connectivity index is 1.57. The van der Waals surface area contributed by atoms with Crippen molar-refractivity contribution in [2.75, 3.05) is 45.8 Å². The summed E-state index contributed by atoms with van der Waals surface area (Å²) in [5.74, 6) is 0.470. The van der Waals surface area contributed by atoms with Crippen LogP contribution >= 0.6 is 0 Å². The van der Waals surface area contributed by atoms with Crippen molar-refractivity contribution < 1.29 is 17.6 Å². The van der Waals surface area contributed by atoms with Crippen LogP contribution in [-0.2, 0) is 14.8 Å². The second-order valence-corrected chi connectivity index (χ2v) is 9.76. The molecule has 0 saturated carbocycles. The minimum Gasteiger partial charge on any atom is -0.339 e. The van der Waals surface area contributed by atoms with Crippen LogP contribution in [0.15, 0.2) is 29.2 Å². The lowest BCUT2D eigenvalue weighted by molar-refractivity contribution is -0.134. The van der Waals surface area contributed by atoms with E-state index in [2.05, 4.69) is 18.7 Å². The lowest BCUT2D eigenvalue weighted by Gasteiger charge is -2.38. The Morgan fingerprint density at radius 1 is 1.07 bits per heavy atom. The molecular formula is C19H28FN3O3S. The van der Waals surface area contributed by atoms with Gasteiger partial charge in [-0.15, -0.1) is 0 Å². The van der Waals surface area contributed by atoms with Gasteiger partial charge in [0.25, 0.3) is 0 Å². The number of piperidine rings is 1. The molecule has 0 bridgehead atoms. The Hall–Kier alpha value is -1.51. The average Bonchev–Trinajstić information content (AvgIpc) is 2.61. The third-order valence-corrected chi connectivity index (χ3v) is 7.28. The first-order valence-electron chi connectivity index (χ1n) is 9.52. The molecule has 1 aromatic rings. The van der Waals surface area contributed by atoms with Crippen molar-refractivity contribution >= 4 is 15.9 Å². The molecule has 6 nitrogen and oxygen atoms in total. The average molecular weight is 398 g/mol. The lowest BCUT2D eigenvalue weighted by Crippen LogP contribution is -2.53. The van der Waals surface area contributed by atoms with E-state index in [1.807, 2.05) is 0 Å². The van der Waals surface area contributed by atoms with Gasteiger partial charge in [-0.1, -0.05) is 26.0 Å². The summed E-state index contributed by atoms with van der Waals surface area (Å²) in [6.07, 6.45) is 1.19. The largest absolute Gasteiger partial charge is 0.339 e. The van der Waals surface area contributed by atoms with Gasteiger partial charge in [0.1, 0.15) is 10.7 Å². The minimum absolute atomic E-state index is 0.0410. The fourth-order valence-corrected chi connectivity index (χ4v) is 5.67. The summed E-state index contributed by atoms with van der Waals surface area (Å²) < 4.78 is 40.5. The zero-order valence-corrected chi connectivity index (χ0v) is 16.8. The molecule has 3 rings (SSSR count). The molecule has 150 valence electrons. The van der Waals surface area contributed by atoms with Crippen molar-refractivity contribution in [1.82, 2.24) is 14.1 Å². The molecule has 2 atom stereocenters. The van der Waals surface area contributed by atoms with Crippen LogP contribution < -0.4 is 0 Å². The van der Waals surface area contributed by atoms with Gasteiger partial charge in [0, 0.05) is 39.3 Å². The maximum atomic E-state index is 13.9. The molecule has 1 aromatic carbocycles. The number of nitrogens with zero attached hydrogens (tertiary/aromatic N) is 3. The number of piperazine rings is 1. The lowest BCUT2D eigenvalue weighted by atomic mass is 9.92.